The van der Waals surface area contributed by atoms with E-state index in [1.54, 1.807) is 0 Å². The van der Waals surface area contributed by atoms with E-state index in [0.717, 1.165) is 22.6 Å². The molecule has 1 aliphatic rings. The number of rotatable bonds is 0. The maximum Gasteiger partial charge on any atom is 0.308 e. The zero-order chi connectivity index (χ0) is 11.9. The van der Waals surface area contributed by atoms with Gasteiger partial charge in [-0.3, -0.25) is 0 Å². The van der Waals surface area contributed by atoms with Crippen LogP contribution in [0.1, 0.15) is 0 Å². The minimum Gasteiger partial charge on any atom is -0.432 e. The van der Waals surface area contributed by atoms with Crippen molar-refractivity contribution in [2.75, 3.05) is 0 Å². The van der Waals surface area contributed by atoms with Gasteiger partial charge in [-0.05, 0) is 29.7 Å². The van der Waals surface area contributed by atoms with Gasteiger partial charge in [0.15, 0.2) is 0 Å². The molecule has 0 aliphatic carbocycles. The Bertz CT molecular complexity index is 573. The molecule has 0 N–H and O–H groups in total. The van der Waals surface area contributed by atoms with Crippen molar-refractivity contribution < 1.29 is 9.05 Å². The Hall–Kier alpha value is -1.37. The molecule has 0 fully saturated rings. The third-order valence-electron chi connectivity index (χ3n) is 2.53. The Morgan fingerprint density at radius 2 is 1.24 bits per heavy atom. The smallest absolute Gasteiger partial charge is 0.308 e. The van der Waals surface area contributed by atoms with Crippen molar-refractivity contribution in [1.82, 2.24) is 0 Å². The number of para-hydroxylation sites is 2. The first-order valence-corrected chi connectivity index (χ1v) is 7.88. The van der Waals surface area contributed by atoms with Gasteiger partial charge in [-0.15, -0.1) is 0 Å². The van der Waals surface area contributed by atoms with Gasteiger partial charge in [0.2, 0.25) is 0 Å². The lowest BCUT2D eigenvalue weighted by atomic mass is 10.0. The molecule has 0 amide bonds. The van der Waals surface area contributed by atoms with E-state index in [9.17, 15) is 0 Å². The second kappa shape index (κ2) is 3.83. The predicted molar refractivity (Wildman–Crippen MR) is 73.0 cm³/mol. The van der Waals surface area contributed by atoms with Crippen LogP contribution in [0, 0.1) is 0 Å². The SMILES string of the molecule is C=P1(Cl)Oc2ccccc2-c2ccccc2O1. The van der Waals surface area contributed by atoms with Crippen molar-refractivity contribution in [3.05, 3.63) is 48.5 Å². The number of fused-ring (bicyclic) bond motifs is 3. The summed E-state index contributed by atoms with van der Waals surface area (Å²) < 4.78 is 11.3. The van der Waals surface area contributed by atoms with Gasteiger partial charge in [0.1, 0.15) is 11.5 Å². The van der Waals surface area contributed by atoms with Gasteiger partial charge in [0.25, 0.3) is 0 Å². The summed E-state index contributed by atoms with van der Waals surface area (Å²) >= 11 is 6.19. The first-order chi connectivity index (χ1) is 8.16. The number of benzene rings is 2. The Morgan fingerprint density at radius 3 is 1.71 bits per heavy atom. The summed E-state index contributed by atoms with van der Waals surface area (Å²) in [6.45, 7) is -2.62. The normalized spacial score (nSPS) is 15.8. The van der Waals surface area contributed by atoms with Gasteiger partial charge >= 0.3 is 6.69 Å². The van der Waals surface area contributed by atoms with Crippen molar-refractivity contribution >= 4 is 24.2 Å². The molecule has 0 spiro atoms. The molecular weight excluding hydrogens is 255 g/mol. The fourth-order valence-electron chi connectivity index (χ4n) is 1.85. The van der Waals surface area contributed by atoms with Gasteiger partial charge in [0, 0.05) is 11.1 Å². The molecule has 2 aromatic carbocycles. The fourth-order valence-corrected chi connectivity index (χ4v) is 3.24. The van der Waals surface area contributed by atoms with Gasteiger partial charge in [-0.25, -0.2) is 0 Å². The minimum atomic E-state index is -2.62. The lowest BCUT2D eigenvalue weighted by molar-refractivity contribution is 0.513. The van der Waals surface area contributed by atoms with Gasteiger partial charge in [-0.2, -0.15) is 0 Å². The summed E-state index contributed by atoms with van der Waals surface area (Å²) in [6, 6.07) is 15.5. The monoisotopic (exact) mass is 264 g/mol. The molecule has 0 radical (unpaired) electrons. The van der Waals surface area contributed by atoms with Crippen LogP contribution in [-0.2, 0) is 0 Å². The van der Waals surface area contributed by atoms with E-state index >= 15 is 0 Å². The quantitative estimate of drug-likeness (QED) is 0.650. The first-order valence-electron chi connectivity index (χ1n) is 5.16. The third kappa shape index (κ3) is 1.95. The van der Waals surface area contributed by atoms with Crippen LogP contribution in [0.15, 0.2) is 48.5 Å². The maximum absolute atomic E-state index is 6.19. The summed E-state index contributed by atoms with van der Waals surface area (Å²) in [5.41, 5.74) is 1.96. The highest BCUT2D eigenvalue weighted by atomic mass is 35.7. The van der Waals surface area contributed by atoms with Crippen LogP contribution in [0.25, 0.3) is 11.1 Å². The molecule has 1 aliphatic heterocycles. The van der Waals surface area contributed by atoms with Crippen molar-refractivity contribution in [1.29, 1.82) is 0 Å². The Labute approximate surface area is 105 Å². The van der Waals surface area contributed by atoms with Crippen LogP contribution < -0.4 is 9.05 Å². The average molecular weight is 265 g/mol. The molecule has 0 saturated heterocycles. The number of hydrogen-bond donors (Lipinski definition) is 0. The van der Waals surface area contributed by atoms with Crippen molar-refractivity contribution in [2.24, 2.45) is 0 Å². The molecular formula is C13H10ClO2P. The maximum atomic E-state index is 6.19. The van der Waals surface area contributed by atoms with Crippen molar-refractivity contribution in [3.8, 4) is 22.6 Å². The largest absolute Gasteiger partial charge is 0.432 e. The molecule has 0 bridgehead atoms. The van der Waals surface area contributed by atoms with Gasteiger partial charge in [0.05, 0.1) is 0 Å². The Kier molecular flexibility index (Phi) is 2.43. The zero-order valence-electron chi connectivity index (χ0n) is 8.97. The molecule has 2 nitrogen and oxygen atoms in total. The predicted octanol–water partition coefficient (Wildman–Crippen LogP) is 4.56. The van der Waals surface area contributed by atoms with E-state index < -0.39 is 6.69 Å². The second-order valence-electron chi connectivity index (χ2n) is 3.77. The van der Waals surface area contributed by atoms with Gasteiger partial charge in [-0.1, -0.05) is 36.4 Å². The van der Waals surface area contributed by atoms with Crippen molar-refractivity contribution in [3.63, 3.8) is 0 Å². The highest BCUT2D eigenvalue weighted by Crippen LogP contribution is 2.58. The van der Waals surface area contributed by atoms with Crippen LogP contribution in [0.4, 0.5) is 0 Å². The van der Waals surface area contributed by atoms with Crippen LogP contribution in [0.2, 0.25) is 0 Å². The average Bonchev–Trinajstić information content (AvgIpc) is 2.40. The Morgan fingerprint density at radius 1 is 0.824 bits per heavy atom. The molecule has 86 valence electrons. The van der Waals surface area contributed by atoms with E-state index in [2.05, 4.69) is 6.30 Å². The number of hydrogen-bond acceptors (Lipinski definition) is 2. The topological polar surface area (TPSA) is 18.5 Å². The summed E-state index contributed by atoms with van der Waals surface area (Å²) in [5.74, 6) is 1.44. The van der Waals surface area contributed by atoms with E-state index in [-0.39, 0.29) is 0 Å². The summed E-state index contributed by atoms with van der Waals surface area (Å²) in [6.07, 6.45) is 3.82. The Balaban J connectivity index is 2.32. The third-order valence-corrected chi connectivity index (χ3v) is 3.89. The summed E-state index contributed by atoms with van der Waals surface area (Å²) in [7, 11) is 0. The molecule has 0 saturated carbocycles. The summed E-state index contributed by atoms with van der Waals surface area (Å²) in [4.78, 5) is 0. The first kappa shape index (κ1) is 10.8. The zero-order valence-corrected chi connectivity index (χ0v) is 10.6. The van der Waals surface area contributed by atoms with Gasteiger partial charge < -0.3 is 9.05 Å². The van der Waals surface area contributed by atoms with Crippen LogP contribution in [0.5, 0.6) is 11.5 Å². The molecule has 0 unspecified atom stereocenters. The van der Waals surface area contributed by atoms with Crippen LogP contribution >= 0.6 is 17.9 Å². The standard InChI is InChI=1S/C13H10ClO2P/c1-17(14)15-12-8-4-2-6-10(12)11-7-3-5-9-13(11)16-17/h2-9H,1H2. The molecule has 2 aromatic rings. The minimum absolute atomic E-state index is 0.718. The number of halogens is 1. The molecule has 3 rings (SSSR count). The second-order valence-corrected chi connectivity index (χ2v) is 6.86. The van der Waals surface area contributed by atoms with Crippen molar-refractivity contribution in [2.45, 2.75) is 0 Å². The molecule has 0 aromatic heterocycles. The summed E-state index contributed by atoms with van der Waals surface area (Å²) in [5, 5.41) is 0. The molecule has 0 atom stereocenters. The highest BCUT2D eigenvalue weighted by Gasteiger charge is 2.24. The lowest BCUT2D eigenvalue weighted by Crippen LogP contribution is -1.92. The van der Waals surface area contributed by atoms with E-state index in [0.29, 0.717) is 0 Å². The van der Waals surface area contributed by atoms with Crippen LogP contribution in [0.3, 0.4) is 0 Å². The van der Waals surface area contributed by atoms with E-state index in [1.807, 2.05) is 48.5 Å². The fraction of sp³-hybridized carbons (Fsp3) is 0. The van der Waals surface area contributed by atoms with Crippen LogP contribution in [-0.4, -0.2) is 6.30 Å². The van der Waals surface area contributed by atoms with E-state index in [4.69, 9.17) is 20.3 Å². The molecule has 1 heterocycles. The highest BCUT2D eigenvalue weighted by molar-refractivity contribution is 7.89. The lowest BCUT2D eigenvalue weighted by Gasteiger charge is -2.16. The van der Waals surface area contributed by atoms with E-state index in [1.165, 1.54) is 0 Å². The molecule has 17 heavy (non-hydrogen) atoms. The molecule has 4 heteroatoms.